The van der Waals surface area contributed by atoms with Crippen LogP contribution in [0, 0.1) is 5.92 Å². The predicted molar refractivity (Wildman–Crippen MR) is 74.5 cm³/mol. The van der Waals surface area contributed by atoms with Crippen molar-refractivity contribution in [3.63, 3.8) is 0 Å². The van der Waals surface area contributed by atoms with E-state index in [2.05, 4.69) is 6.92 Å². The van der Waals surface area contributed by atoms with E-state index in [1.165, 1.54) is 6.07 Å². The highest BCUT2D eigenvalue weighted by Crippen LogP contribution is 2.33. The number of nitrogens with two attached hydrogens (primary N) is 1. The first-order valence-corrected chi connectivity index (χ1v) is 8.12. The zero-order valence-electron chi connectivity index (χ0n) is 10.4. The fourth-order valence-electron chi connectivity index (χ4n) is 2.54. The summed E-state index contributed by atoms with van der Waals surface area (Å²) in [6.45, 7) is 2.11. The topological polar surface area (TPSA) is 60.2 Å². The van der Waals surface area contributed by atoms with Crippen molar-refractivity contribution in [2.24, 2.45) is 5.92 Å². The molecule has 1 saturated carbocycles. The van der Waals surface area contributed by atoms with Crippen LogP contribution in [0.4, 0.5) is 5.69 Å². The molecular weight excluding hydrogens is 270 g/mol. The summed E-state index contributed by atoms with van der Waals surface area (Å²) in [5.41, 5.74) is 6.02. The highest BCUT2D eigenvalue weighted by atomic mass is 35.5. The van der Waals surface area contributed by atoms with Gasteiger partial charge in [0.2, 0.25) is 0 Å². The first-order chi connectivity index (χ1) is 8.41. The maximum atomic E-state index is 12.5. The van der Waals surface area contributed by atoms with Gasteiger partial charge in [0.05, 0.1) is 20.9 Å². The van der Waals surface area contributed by atoms with Gasteiger partial charge in [-0.3, -0.25) is 0 Å². The van der Waals surface area contributed by atoms with E-state index in [-0.39, 0.29) is 5.25 Å². The molecule has 18 heavy (non-hydrogen) atoms. The largest absolute Gasteiger partial charge is 0.398 e. The molecule has 2 atom stereocenters. The average molecular weight is 288 g/mol. The van der Waals surface area contributed by atoms with Crippen LogP contribution in [0.25, 0.3) is 0 Å². The molecule has 2 rings (SSSR count). The Morgan fingerprint density at radius 3 is 2.67 bits per heavy atom. The first kappa shape index (κ1) is 13.7. The Morgan fingerprint density at radius 2 is 2.06 bits per heavy atom. The van der Waals surface area contributed by atoms with E-state index in [4.69, 9.17) is 17.3 Å². The Bertz CT molecular complexity index is 542. The van der Waals surface area contributed by atoms with E-state index in [9.17, 15) is 8.42 Å². The van der Waals surface area contributed by atoms with Crippen LogP contribution in [-0.4, -0.2) is 13.7 Å². The summed E-state index contributed by atoms with van der Waals surface area (Å²) in [4.78, 5) is 0.292. The predicted octanol–water partition coefficient (Wildman–Crippen LogP) is 3.27. The third-order valence-electron chi connectivity index (χ3n) is 3.63. The normalized spacial score (nSPS) is 25.0. The first-order valence-electron chi connectivity index (χ1n) is 6.20. The third kappa shape index (κ3) is 2.64. The lowest BCUT2D eigenvalue weighted by molar-refractivity contribution is 0.382. The fourth-order valence-corrected chi connectivity index (χ4v) is 4.77. The van der Waals surface area contributed by atoms with Crippen LogP contribution in [-0.2, 0) is 9.84 Å². The van der Waals surface area contributed by atoms with Crippen LogP contribution in [0.3, 0.4) is 0 Å². The maximum Gasteiger partial charge on any atom is 0.181 e. The molecule has 0 bridgehead atoms. The van der Waals surface area contributed by atoms with Crippen molar-refractivity contribution in [3.8, 4) is 0 Å². The Kier molecular flexibility index (Phi) is 3.87. The minimum Gasteiger partial charge on any atom is -0.398 e. The summed E-state index contributed by atoms with van der Waals surface area (Å²) in [7, 11) is -3.27. The number of benzene rings is 1. The number of hydrogen-bond acceptors (Lipinski definition) is 3. The molecule has 1 aliphatic carbocycles. The fraction of sp³-hybridized carbons (Fsp3) is 0.538. The highest BCUT2D eigenvalue weighted by molar-refractivity contribution is 7.92. The van der Waals surface area contributed by atoms with Gasteiger partial charge in [0.25, 0.3) is 0 Å². The van der Waals surface area contributed by atoms with Crippen molar-refractivity contribution in [2.75, 3.05) is 5.73 Å². The molecule has 2 N–H and O–H groups in total. The van der Waals surface area contributed by atoms with E-state index in [1.54, 1.807) is 12.1 Å². The molecule has 0 aliphatic heterocycles. The van der Waals surface area contributed by atoms with E-state index >= 15 is 0 Å². The summed E-state index contributed by atoms with van der Waals surface area (Å²) < 4.78 is 25.0. The second kappa shape index (κ2) is 5.10. The number of sulfone groups is 1. The smallest absolute Gasteiger partial charge is 0.181 e. The Balaban J connectivity index is 2.32. The molecule has 3 nitrogen and oxygen atoms in total. The molecule has 1 aromatic carbocycles. The lowest BCUT2D eigenvalue weighted by atomic mass is 9.91. The van der Waals surface area contributed by atoms with Crippen LogP contribution >= 0.6 is 11.6 Å². The van der Waals surface area contributed by atoms with E-state index in [0.29, 0.717) is 21.5 Å². The van der Waals surface area contributed by atoms with E-state index < -0.39 is 9.84 Å². The summed E-state index contributed by atoms with van der Waals surface area (Å²) >= 11 is 5.90. The summed E-state index contributed by atoms with van der Waals surface area (Å²) in [5, 5.41) is 0.0286. The third-order valence-corrected chi connectivity index (χ3v) is 6.17. The quantitative estimate of drug-likeness (QED) is 0.849. The van der Waals surface area contributed by atoms with Crippen molar-refractivity contribution < 1.29 is 8.42 Å². The summed E-state index contributed by atoms with van der Waals surface area (Å²) in [6.07, 6.45) is 3.58. The molecule has 0 radical (unpaired) electrons. The number of anilines is 1. The second-order valence-electron chi connectivity index (χ2n) is 5.12. The number of rotatable bonds is 2. The van der Waals surface area contributed by atoms with Crippen LogP contribution in [0.5, 0.6) is 0 Å². The van der Waals surface area contributed by atoms with Gasteiger partial charge in [-0.1, -0.05) is 31.4 Å². The van der Waals surface area contributed by atoms with Gasteiger partial charge in [-0.2, -0.15) is 0 Å². The molecular formula is C13H18ClNO2S. The van der Waals surface area contributed by atoms with Crippen molar-refractivity contribution in [3.05, 3.63) is 23.2 Å². The van der Waals surface area contributed by atoms with Gasteiger partial charge in [0.15, 0.2) is 9.84 Å². The molecule has 1 aliphatic rings. The maximum absolute atomic E-state index is 12.5. The lowest BCUT2D eigenvalue weighted by Gasteiger charge is -2.26. The minimum atomic E-state index is -3.27. The molecule has 5 heteroatoms. The van der Waals surface area contributed by atoms with Crippen molar-refractivity contribution in [1.82, 2.24) is 0 Å². The molecule has 100 valence electrons. The number of nitrogen functional groups attached to an aromatic ring is 1. The zero-order valence-corrected chi connectivity index (χ0v) is 12.0. The second-order valence-corrected chi connectivity index (χ2v) is 7.76. The van der Waals surface area contributed by atoms with Crippen molar-refractivity contribution in [2.45, 2.75) is 42.8 Å². The van der Waals surface area contributed by atoms with Crippen LogP contribution in [0.15, 0.2) is 23.1 Å². The van der Waals surface area contributed by atoms with Gasteiger partial charge >= 0.3 is 0 Å². The Hall–Kier alpha value is -0.740. The van der Waals surface area contributed by atoms with Crippen LogP contribution < -0.4 is 5.73 Å². The van der Waals surface area contributed by atoms with Gasteiger partial charge in [0, 0.05) is 0 Å². The number of halogens is 1. The highest BCUT2D eigenvalue weighted by Gasteiger charge is 2.31. The molecule has 0 aromatic heterocycles. The van der Waals surface area contributed by atoms with Gasteiger partial charge in [-0.05, 0) is 37.0 Å². The standard InChI is InChI=1S/C13H18ClNO2S/c1-9-3-2-4-10(7-9)18(16,17)11-5-6-13(15)12(14)8-11/h5-6,8-10H,2-4,7,15H2,1H3. The summed E-state index contributed by atoms with van der Waals surface area (Å²) in [6, 6.07) is 4.57. The lowest BCUT2D eigenvalue weighted by Crippen LogP contribution is -2.27. The van der Waals surface area contributed by atoms with Gasteiger partial charge in [-0.15, -0.1) is 0 Å². The molecule has 0 amide bonds. The molecule has 2 unspecified atom stereocenters. The van der Waals surface area contributed by atoms with Crippen LogP contribution in [0.2, 0.25) is 5.02 Å². The Morgan fingerprint density at radius 1 is 1.33 bits per heavy atom. The molecule has 0 saturated heterocycles. The molecule has 0 heterocycles. The SMILES string of the molecule is CC1CCCC(S(=O)(=O)c2ccc(N)c(Cl)c2)C1. The molecule has 1 fully saturated rings. The van der Waals surface area contributed by atoms with Gasteiger partial charge in [0.1, 0.15) is 0 Å². The van der Waals surface area contributed by atoms with E-state index in [0.717, 1.165) is 25.7 Å². The monoisotopic (exact) mass is 287 g/mol. The number of hydrogen-bond donors (Lipinski definition) is 1. The van der Waals surface area contributed by atoms with Gasteiger partial charge < -0.3 is 5.73 Å². The zero-order chi connectivity index (χ0) is 13.3. The summed E-state index contributed by atoms with van der Waals surface area (Å²) in [5.74, 6) is 0.475. The van der Waals surface area contributed by atoms with E-state index in [1.807, 2.05) is 0 Å². The van der Waals surface area contributed by atoms with Crippen LogP contribution in [0.1, 0.15) is 32.6 Å². The van der Waals surface area contributed by atoms with Crippen molar-refractivity contribution in [1.29, 1.82) is 0 Å². The molecule has 1 aromatic rings. The Labute approximate surface area is 113 Å². The minimum absolute atomic E-state index is 0.277. The van der Waals surface area contributed by atoms with Crippen molar-refractivity contribution >= 4 is 27.1 Å². The average Bonchev–Trinajstić information content (AvgIpc) is 2.32. The molecule has 0 spiro atoms. The van der Waals surface area contributed by atoms with Gasteiger partial charge in [-0.25, -0.2) is 8.42 Å².